The van der Waals surface area contributed by atoms with Gasteiger partial charge in [-0.15, -0.1) is 11.3 Å². The maximum absolute atomic E-state index is 11.9. The van der Waals surface area contributed by atoms with E-state index in [0.717, 1.165) is 36.2 Å². The van der Waals surface area contributed by atoms with Crippen LogP contribution in [0.1, 0.15) is 41.7 Å². The Hall–Kier alpha value is -1.38. The summed E-state index contributed by atoms with van der Waals surface area (Å²) in [7, 11) is 0. The second-order valence-electron chi connectivity index (χ2n) is 5.22. The van der Waals surface area contributed by atoms with Crippen LogP contribution in [0.25, 0.3) is 0 Å². The number of carbonyl (C=O) groups excluding carboxylic acids is 1. The minimum atomic E-state index is -0.596. The van der Waals surface area contributed by atoms with Gasteiger partial charge in [0.2, 0.25) is 5.91 Å². The third kappa shape index (κ3) is 2.15. The van der Waals surface area contributed by atoms with Crippen LogP contribution in [0, 0.1) is 11.3 Å². The largest absolute Gasteiger partial charge is 0.391 e. The number of nitrogens with zero attached hydrogens (tertiary/aromatic N) is 2. The second-order valence-corrected chi connectivity index (χ2v) is 6.30. The summed E-state index contributed by atoms with van der Waals surface area (Å²) in [5, 5.41) is 19.8. The van der Waals surface area contributed by atoms with Crippen LogP contribution >= 0.6 is 11.3 Å². The summed E-state index contributed by atoms with van der Waals surface area (Å²) >= 11 is 1.57. The molecule has 0 bridgehead atoms. The quantitative estimate of drug-likeness (QED) is 0.798. The number of amides is 1. The molecule has 1 aromatic heterocycles. The molecule has 2 heterocycles. The Kier molecular flexibility index (Phi) is 3.29. The predicted molar refractivity (Wildman–Crippen MR) is 73.3 cm³/mol. The molecule has 0 aromatic carbocycles. The van der Waals surface area contributed by atoms with E-state index < -0.39 is 6.10 Å². The van der Waals surface area contributed by atoms with Gasteiger partial charge in [-0.3, -0.25) is 9.69 Å². The van der Waals surface area contributed by atoms with E-state index in [1.54, 1.807) is 16.2 Å². The molecule has 1 aromatic rings. The maximum Gasteiger partial charge on any atom is 0.230 e. The van der Waals surface area contributed by atoms with E-state index in [9.17, 15) is 15.2 Å². The molecule has 1 N–H and O–H groups in total. The zero-order chi connectivity index (χ0) is 13.4. The summed E-state index contributed by atoms with van der Waals surface area (Å²) in [4.78, 5) is 14.8. The van der Waals surface area contributed by atoms with Gasteiger partial charge in [-0.2, -0.15) is 5.26 Å². The first kappa shape index (κ1) is 12.6. The Morgan fingerprint density at radius 3 is 2.79 bits per heavy atom. The Bertz CT molecular complexity index is 559. The highest BCUT2D eigenvalue weighted by Crippen LogP contribution is 2.40. The predicted octanol–water partition coefficient (Wildman–Crippen LogP) is 1.99. The first-order valence-corrected chi connectivity index (χ1v) is 7.55. The number of rotatable bonds is 1. The van der Waals surface area contributed by atoms with E-state index in [2.05, 4.69) is 6.07 Å². The number of carbonyl (C=O) groups is 1. The number of fused-ring (bicyclic) bond motifs is 1. The van der Waals surface area contributed by atoms with Crippen molar-refractivity contribution < 1.29 is 9.90 Å². The van der Waals surface area contributed by atoms with Crippen LogP contribution < -0.4 is 4.90 Å². The number of nitriles is 1. The van der Waals surface area contributed by atoms with Crippen molar-refractivity contribution in [3.63, 3.8) is 0 Å². The number of anilines is 1. The van der Waals surface area contributed by atoms with Gasteiger partial charge in [0.05, 0.1) is 24.6 Å². The SMILES string of the molecule is N#Cc1c(N2CC(O)CC2=O)sc2c1CCCCC2. The number of aliphatic hydroxyl groups excluding tert-OH is 1. The lowest BCUT2D eigenvalue weighted by molar-refractivity contribution is -0.117. The number of aryl methyl sites for hydroxylation is 1. The van der Waals surface area contributed by atoms with Gasteiger partial charge >= 0.3 is 0 Å². The molecule has 4 nitrogen and oxygen atoms in total. The Morgan fingerprint density at radius 1 is 1.32 bits per heavy atom. The van der Waals surface area contributed by atoms with E-state index in [4.69, 9.17) is 0 Å². The second kappa shape index (κ2) is 4.95. The molecular formula is C14H16N2O2S. The van der Waals surface area contributed by atoms with Crippen LogP contribution in [0.15, 0.2) is 0 Å². The summed E-state index contributed by atoms with van der Waals surface area (Å²) in [6, 6.07) is 2.28. The fourth-order valence-electron chi connectivity index (χ4n) is 2.92. The zero-order valence-electron chi connectivity index (χ0n) is 10.7. The van der Waals surface area contributed by atoms with Crippen LogP contribution in [-0.2, 0) is 17.6 Å². The molecule has 3 rings (SSSR count). The standard InChI is InChI=1S/C14H16N2O2S/c15-7-11-10-4-2-1-3-5-12(10)19-14(11)16-8-9(17)6-13(16)18/h9,17H,1-6,8H2. The third-order valence-electron chi connectivity index (χ3n) is 3.86. The lowest BCUT2D eigenvalue weighted by Gasteiger charge is -2.14. The summed E-state index contributed by atoms with van der Waals surface area (Å²) < 4.78 is 0. The van der Waals surface area contributed by atoms with Crippen molar-refractivity contribution in [3.8, 4) is 6.07 Å². The van der Waals surface area contributed by atoms with Gasteiger partial charge in [-0.05, 0) is 31.2 Å². The molecule has 1 fully saturated rings. The van der Waals surface area contributed by atoms with Crippen LogP contribution in [0.3, 0.4) is 0 Å². The monoisotopic (exact) mass is 276 g/mol. The van der Waals surface area contributed by atoms with Crippen LogP contribution in [-0.4, -0.2) is 23.7 Å². The molecule has 1 aliphatic heterocycles. The number of β-amino-alcohol motifs (C(OH)–C–C–N with tert-alkyl or cyclic N) is 1. The van der Waals surface area contributed by atoms with Gasteiger partial charge in [0.1, 0.15) is 11.1 Å². The number of aliphatic hydroxyl groups is 1. The molecule has 1 amide bonds. The molecule has 0 spiro atoms. The Balaban J connectivity index is 2.03. The first-order valence-electron chi connectivity index (χ1n) is 6.73. The van der Waals surface area contributed by atoms with Crippen molar-refractivity contribution in [2.75, 3.05) is 11.4 Å². The Morgan fingerprint density at radius 2 is 2.11 bits per heavy atom. The van der Waals surface area contributed by atoms with Crippen molar-refractivity contribution in [1.82, 2.24) is 0 Å². The number of thiophene rings is 1. The van der Waals surface area contributed by atoms with E-state index in [1.165, 1.54) is 11.3 Å². The van der Waals surface area contributed by atoms with Gasteiger partial charge in [0.25, 0.3) is 0 Å². The average Bonchev–Trinajstić information content (AvgIpc) is 2.80. The van der Waals surface area contributed by atoms with E-state index in [1.807, 2.05) is 0 Å². The minimum Gasteiger partial charge on any atom is -0.391 e. The van der Waals surface area contributed by atoms with Gasteiger partial charge in [0, 0.05) is 4.88 Å². The highest BCUT2D eigenvalue weighted by Gasteiger charge is 2.33. The number of hydrogen-bond acceptors (Lipinski definition) is 4. The van der Waals surface area contributed by atoms with Gasteiger partial charge < -0.3 is 5.11 Å². The Labute approximate surface area is 116 Å². The molecule has 0 saturated carbocycles. The van der Waals surface area contributed by atoms with E-state index in [0.29, 0.717) is 12.1 Å². The zero-order valence-corrected chi connectivity index (χ0v) is 11.5. The van der Waals surface area contributed by atoms with Gasteiger partial charge in [0.15, 0.2) is 0 Å². The number of hydrogen-bond donors (Lipinski definition) is 1. The molecule has 5 heteroatoms. The van der Waals surface area contributed by atoms with E-state index >= 15 is 0 Å². The van der Waals surface area contributed by atoms with Crippen LogP contribution in [0.2, 0.25) is 0 Å². The van der Waals surface area contributed by atoms with Crippen LogP contribution in [0.4, 0.5) is 5.00 Å². The summed E-state index contributed by atoms with van der Waals surface area (Å²) in [5.41, 5.74) is 1.82. The van der Waals surface area contributed by atoms with Crippen molar-refractivity contribution in [2.24, 2.45) is 0 Å². The smallest absolute Gasteiger partial charge is 0.230 e. The van der Waals surface area contributed by atoms with Crippen molar-refractivity contribution in [1.29, 1.82) is 5.26 Å². The third-order valence-corrected chi connectivity index (χ3v) is 5.18. The first-order chi connectivity index (χ1) is 9.20. The molecule has 0 radical (unpaired) electrons. The average molecular weight is 276 g/mol. The lowest BCUT2D eigenvalue weighted by atomic mass is 10.1. The van der Waals surface area contributed by atoms with E-state index in [-0.39, 0.29) is 12.3 Å². The molecule has 1 atom stereocenters. The molecule has 1 saturated heterocycles. The lowest BCUT2D eigenvalue weighted by Crippen LogP contribution is -2.25. The van der Waals surface area contributed by atoms with Gasteiger partial charge in [-0.1, -0.05) is 6.42 Å². The fraction of sp³-hybridized carbons (Fsp3) is 0.571. The summed E-state index contributed by atoms with van der Waals surface area (Å²) in [6.07, 6.45) is 5.03. The molecule has 2 aliphatic rings. The molecular weight excluding hydrogens is 260 g/mol. The van der Waals surface area contributed by atoms with Crippen molar-refractivity contribution in [3.05, 3.63) is 16.0 Å². The van der Waals surface area contributed by atoms with Crippen molar-refractivity contribution in [2.45, 2.75) is 44.6 Å². The highest BCUT2D eigenvalue weighted by molar-refractivity contribution is 7.16. The maximum atomic E-state index is 11.9. The molecule has 1 unspecified atom stereocenters. The topological polar surface area (TPSA) is 64.3 Å². The highest BCUT2D eigenvalue weighted by atomic mass is 32.1. The molecule has 100 valence electrons. The minimum absolute atomic E-state index is 0.0691. The fourth-order valence-corrected chi connectivity index (χ4v) is 4.28. The molecule has 1 aliphatic carbocycles. The van der Waals surface area contributed by atoms with Crippen LogP contribution in [0.5, 0.6) is 0 Å². The molecule has 19 heavy (non-hydrogen) atoms. The summed E-state index contributed by atoms with van der Waals surface area (Å²) in [6.45, 7) is 0.326. The summed E-state index contributed by atoms with van der Waals surface area (Å²) in [5.74, 6) is -0.0691. The van der Waals surface area contributed by atoms with Crippen molar-refractivity contribution >= 4 is 22.2 Å². The van der Waals surface area contributed by atoms with Gasteiger partial charge in [-0.25, -0.2) is 0 Å². The normalized spacial score (nSPS) is 23.1.